The van der Waals surface area contributed by atoms with Crippen molar-refractivity contribution in [3.8, 4) is 0 Å². The molecule has 0 aliphatic carbocycles. The number of likely N-dealkylation sites (tertiary alicyclic amines) is 1. The van der Waals surface area contributed by atoms with Crippen molar-refractivity contribution in [3.05, 3.63) is 23.2 Å². The lowest BCUT2D eigenvalue weighted by atomic mass is 10.1. The van der Waals surface area contributed by atoms with E-state index in [0.717, 1.165) is 19.3 Å². The van der Waals surface area contributed by atoms with Crippen LogP contribution in [0.4, 0.5) is 0 Å². The molecule has 0 spiro atoms. The molecule has 5 nitrogen and oxygen atoms in total. The average Bonchev–Trinajstić information content (AvgIpc) is 2.57. The Morgan fingerprint density at radius 1 is 1.32 bits per heavy atom. The third-order valence-corrected chi connectivity index (χ3v) is 3.57. The van der Waals surface area contributed by atoms with Gasteiger partial charge in [-0.2, -0.15) is 0 Å². The molecule has 0 bridgehead atoms. The number of carboxylic acid groups (broad SMARTS) is 1. The maximum atomic E-state index is 12.5. The molecule has 2 heterocycles. The smallest absolute Gasteiger partial charge is 0.326 e. The zero-order chi connectivity index (χ0) is 14.0. The maximum absolute atomic E-state index is 12.5. The highest BCUT2D eigenvalue weighted by Crippen LogP contribution is 2.22. The lowest BCUT2D eigenvalue weighted by Gasteiger charge is -2.26. The second-order valence-corrected chi connectivity index (χ2v) is 5.03. The van der Waals surface area contributed by atoms with Gasteiger partial charge in [-0.1, -0.05) is 12.8 Å². The van der Waals surface area contributed by atoms with Crippen molar-refractivity contribution in [2.24, 2.45) is 0 Å². The van der Waals surface area contributed by atoms with Gasteiger partial charge in [-0.15, -0.1) is 0 Å². The van der Waals surface area contributed by atoms with E-state index in [-0.39, 0.29) is 5.91 Å². The minimum absolute atomic E-state index is 0.233. The average molecular weight is 265 g/mol. The monoisotopic (exact) mass is 265 g/mol. The first-order valence-electron chi connectivity index (χ1n) is 6.61. The predicted octanol–water partition coefficient (Wildman–Crippen LogP) is 2.37. The quantitative estimate of drug-likeness (QED) is 0.891. The van der Waals surface area contributed by atoms with Crippen LogP contribution in [0, 0.1) is 13.8 Å². The van der Waals surface area contributed by atoms with Gasteiger partial charge in [0.2, 0.25) is 0 Å². The van der Waals surface area contributed by atoms with Crippen LogP contribution in [0.15, 0.2) is 10.5 Å². The molecule has 5 heteroatoms. The van der Waals surface area contributed by atoms with Crippen molar-refractivity contribution in [1.82, 2.24) is 4.90 Å². The molecule has 0 saturated carbocycles. The van der Waals surface area contributed by atoms with Crippen molar-refractivity contribution in [2.45, 2.75) is 45.6 Å². The van der Waals surface area contributed by atoms with Gasteiger partial charge in [0.15, 0.2) is 0 Å². The van der Waals surface area contributed by atoms with E-state index in [2.05, 4.69) is 0 Å². The van der Waals surface area contributed by atoms with Crippen LogP contribution in [0.25, 0.3) is 0 Å². The first-order valence-corrected chi connectivity index (χ1v) is 6.61. The number of hydrogen-bond acceptors (Lipinski definition) is 3. The Morgan fingerprint density at radius 2 is 2.05 bits per heavy atom. The predicted molar refractivity (Wildman–Crippen MR) is 69.1 cm³/mol. The first-order chi connectivity index (χ1) is 9.00. The van der Waals surface area contributed by atoms with Gasteiger partial charge in [0.25, 0.3) is 5.91 Å². The summed E-state index contributed by atoms with van der Waals surface area (Å²) in [4.78, 5) is 25.3. The molecule has 1 saturated heterocycles. The van der Waals surface area contributed by atoms with Crippen molar-refractivity contribution in [3.63, 3.8) is 0 Å². The summed E-state index contributed by atoms with van der Waals surface area (Å²) in [5.41, 5.74) is 0.477. The molecule has 1 aromatic heterocycles. The van der Waals surface area contributed by atoms with Crippen LogP contribution in [0.3, 0.4) is 0 Å². The van der Waals surface area contributed by atoms with E-state index in [1.807, 2.05) is 0 Å². The van der Waals surface area contributed by atoms with E-state index in [1.54, 1.807) is 19.9 Å². The Labute approximate surface area is 112 Å². The number of aliphatic carboxylic acids is 1. The fraction of sp³-hybridized carbons (Fsp3) is 0.571. The molecule has 0 radical (unpaired) electrons. The fourth-order valence-corrected chi connectivity index (χ4v) is 2.61. The SMILES string of the molecule is Cc1cc(C(=O)N2CCCCCC2C(=O)O)c(C)o1. The molecule has 1 fully saturated rings. The number of nitrogens with zero attached hydrogens (tertiary/aromatic N) is 1. The molecule has 1 aromatic rings. The van der Waals surface area contributed by atoms with Crippen molar-refractivity contribution in [1.29, 1.82) is 0 Å². The molecule has 1 atom stereocenters. The molecule has 1 aliphatic rings. The zero-order valence-corrected chi connectivity index (χ0v) is 11.3. The number of carbonyl (C=O) groups excluding carboxylic acids is 1. The first kappa shape index (κ1) is 13.6. The van der Waals surface area contributed by atoms with E-state index < -0.39 is 12.0 Å². The van der Waals surface area contributed by atoms with Crippen LogP contribution in [0.2, 0.25) is 0 Å². The molecule has 1 amide bonds. The summed E-state index contributed by atoms with van der Waals surface area (Å²) in [7, 11) is 0. The summed E-state index contributed by atoms with van der Waals surface area (Å²) in [6, 6.07) is 0.964. The molecule has 0 aromatic carbocycles. The van der Waals surface area contributed by atoms with Gasteiger partial charge in [0, 0.05) is 6.54 Å². The van der Waals surface area contributed by atoms with Gasteiger partial charge in [-0.3, -0.25) is 4.79 Å². The third kappa shape index (κ3) is 2.80. The topological polar surface area (TPSA) is 70.8 Å². The molecule has 1 unspecified atom stereocenters. The van der Waals surface area contributed by atoms with Crippen LogP contribution in [-0.4, -0.2) is 34.5 Å². The molecule has 1 N–H and O–H groups in total. The summed E-state index contributed by atoms with van der Waals surface area (Å²) < 4.78 is 5.36. The van der Waals surface area contributed by atoms with E-state index in [4.69, 9.17) is 4.42 Å². The van der Waals surface area contributed by atoms with E-state index in [0.29, 0.717) is 30.0 Å². The second kappa shape index (κ2) is 5.47. The zero-order valence-electron chi connectivity index (χ0n) is 11.3. The van der Waals surface area contributed by atoms with Crippen molar-refractivity contribution < 1.29 is 19.1 Å². The summed E-state index contributed by atoms with van der Waals surface area (Å²) in [6.07, 6.45) is 3.20. The molecule has 19 heavy (non-hydrogen) atoms. The Balaban J connectivity index is 2.28. The Morgan fingerprint density at radius 3 is 2.63 bits per heavy atom. The highest BCUT2D eigenvalue weighted by atomic mass is 16.4. The van der Waals surface area contributed by atoms with E-state index in [9.17, 15) is 14.7 Å². The highest BCUT2D eigenvalue weighted by molar-refractivity contribution is 5.97. The summed E-state index contributed by atoms with van der Waals surface area (Å²) in [5.74, 6) is 0.0650. The molecular formula is C14H19NO4. The number of hydrogen-bond donors (Lipinski definition) is 1. The van der Waals surface area contributed by atoms with Crippen molar-refractivity contribution in [2.75, 3.05) is 6.54 Å². The fourth-order valence-electron chi connectivity index (χ4n) is 2.61. The van der Waals surface area contributed by atoms with Gasteiger partial charge in [0.05, 0.1) is 5.56 Å². The number of carboxylic acids is 1. The summed E-state index contributed by atoms with van der Waals surface area (Å²) >= 11 is 0. The standard InChI is InChI=1S/C14H19NO4/c1-9-8-11(10(2)19-9)13(16)15-7-5-3-4-6-12(15)14(17)18/h8,12H,3-7H2,1-2H3,(H,17,18). The van der Waals surface area contributed by atoms with Crippen LogP contribution < -0.4 is 0 Å². The number of furan rings is 1. The van der Waals surface area contributed by atoms with Crippen LogP contribution in [0.5, 0.6) is 0 Å². The minimum atomic E-state index is -0.923. The normalized spacial score (nSPS) is 20.1. The van der Waals surface area contributed by atoms with E-state index in [1.165, 1.54) is 4.90 Å². The lowest BCUT2D eigenvalue weighted by molar-refractivity contribution is -0.142. The Hall–Kier alpha value is -1.78. The molecule has 2 rings (SSSR count). The van der Waals surface area contributed by atoms with Gasteiger partial charge in [-0.25, -0.2) is 4.79 Å². The number of rotatable bonds is 2. The molecular weight excluding hydrogens is 246 g/mol. The number of carbonyl (C=O) groups is 2. The second-order valence-electron chi connectivity index (χ2n) is 5.03. The lowest BCUT2D eigenvalue weighted by Crippen LogP contribution is -2.44. The van der Waals surface area contributed by atoms with Gasteiger partial charge in [-0.05, 0) is 32.8 Å². The largest absolute Gasteiger partial charge is 0.480 e. The van der Waals surface area contributed by atoms with Crippen LogP contribution in [0.1, 0.15) is 47.6 Å². The van der Waals surface area contributed by atoms with Gasteiger partial charge < -0.3 is 14.4 Å². The summed E-state index contributed by atoms with van der Waals surface area (Å²) in [5, 5.41) is 9.29. The Kier molecular flexibility index (Phi) is 3.93. The van der Waals surface area contributed by atoms with Crippen LogP contribution in [-0.2, 0) is 4.79 Å². The van der Waals surface area contributed by atoms with Gasteiger partial charge in [0.1, 0.15) is 17.6 Å². The number of amides is 1. The Bertz CT molecular complexity index is 492. The molecule has 1 aliphatic heterocycles. The van der Waals surface area contributed by atoms with Crippen molar-refractivity contribution >= 4 is 11.9 Å². The van der Waals surface area contributed by atoms with E-state index >= 15 is 0 Å². The van der Waals surface area contributed by atoms with Gasteiger partial charge >= 0.3 is 5.97 Å². The maximum Gasteiger partial charge on any atom is 0.326 e. The summed E-state index contributed by atoms with van der Waals surface area (Å²) in [6.45, 7) is 4.01. The molecule has 104 valence electrons. The minimum Gasteiger partial charge on any atom is -0.480 e. The third-order valence-electron chi connectivity index (χ3n) is 3.57. The number of aryl methyl sites for hydroxylation is 2. The highest BCUT2D eigenvalue weighted by Gasteiger charge is 2.32. The van der Waals surface area contributed by atoms with Crippen LogP contribution >= 0.6 is 0 Å².